The third kappa shape index (κ3) is 3.25. The number of halogens is 2. The summed E-state index contributed by atoms with van der Waals surface area (Å²) in [5.74, 6) is -0.677. The molecule has 24 heavy (non-hydrogen) atoms. The quantitative estimate of drug-likeness (QED) is 0.471. The molecule has 6 nitrogen and oxygen atoms in total. The predicted molar refractivity (Wildman–Crippen MR) is 80.8 cm³/mol. The maximum atomic E-state index is 13.3. The number of aromatic nitrogens is 2. The van der Waals surface area contributed by atoms with Crippen molar-refractivity contribution in [2.75, 3.05) is 9.62 Å². The van der Waals surface area contributed by atoms with E-state index in [4.69, 9.17) is 13.1 Å². The molecule has 1 aliphatic heterocycles. The van der Waals surface area contributed by atoms with Gasteiger partial charge in [0.2, 0.25) is 11.4 Å². The average Bonchev–Trinajstić information content (AvgIpc) is 3.05. The minimum absolute atomic E-state index is 0. The largest absolute Gasteiger partial charge is 0.402 e. The third-order valence-electron chi connectivity index (χ3n) is 3.05. The zero-order valence-electron chi connectivity index (χ0n) is 11.8. The van der Waals surface area contributed by atoms with Crippen LogP contribution >= 0.6 is 0 Å². The molecule has 0 saturated carbocycles. The molecule has 0 saturated heterocycles. The first kappa shape index (κ1) is 17.5. The Kier molecular flexibility index (Phi) is 5.25. The Morgan fingerprint density at radius 1 is 0.875 bits per heavy atom. The van der Waals surface area contributed by atoms with Gasteiger partial charge in [-0.15, -0.1) is 0 Å². The minimum Gasteiger partial charge on any atom is -0.359 e. The van der Waals surface area contributed by atoms with E-state index in [9.17, 15) is 8.78 Å². The van der Waals surface area contributed by atoms with Crippen LogP contribution in [0.5, 0.6) is 0 Å². The molecule has 118 valence electrons. The summed E-state index contributed by atoms with van der Waals surface area (Å²) in [6.07, 6.45) is 5.19. The molecule has 3 rings (SSSR count). The number of nitrogens with zero attached hydrogens (tertiary/aromatic N) is 6. The van der Waals surface area contributed by atoms with E-state index in [1.165, 1.54) is 12.1 Å². The van der Waals surface area contributed by atoms with E-state index in [1.54, 1.807) is 29.6 Å². The molecule has 0 bridgehead atoms. The second kappa shape index (κ2) is 7.18. The SMILES string of the molecule is [C-]#[N+]c1cc(N2[B]N(c3cc([N+]#[C-])c(F)cn3)C=C2)ncc1F.[Ir]. The van der Waals surface area contributed by atoms with Gasteiger partial charge in [-0.3, -0.25) is 0 Å². The number of pyridine rings is 2. The van der Waals surface area contributed by atoms with Crippen LogP contribution in [0.1, 0.15) is 0 Å². The fourth-order valence-corrected chi connectivity index (χ4v) is 1.91. The van der Waals surface area contributed by atoms with Crippen LogP contribution in [0.4, 0.5) is 31.8 Å². The Bertz CT molecular complexity index is 820. The van der Waals surface area contributed by atoms with E-state index in [-0.39, 0.29) is 31.5 Å². The van der Waals surface area contributed by atoms with Gasteiger partial charge in [-0.25, -0.2) is 28.4 Å². The summed E-state index contributed by atoms with van der Waals surface area (Å²) in [5, 5.41) is 0. The Hall–Kier alpha value is -2.81. The van der Waals surface area contributed by atoms with Crippen molar-refractivity contribution in [3.63, 3.8) is 0 Å². The molecule has 10 heteroatoms. The average molecular weight is 499 g/mol. The van der Waals surface area contributed by atoms with E-state index in [1.807, 2.05) is 0 Å². The summed E-state index contributed by atoms with van der Waals surface area (Å²) in [6, 6.07) is 2.63. The van der Waals surface area contributed by atoms with Crippen molar-refractivity contribution in [2.45, 2.75) is 0 Å². The molecule has 0 aliphatic carbocycles. The summed E-state index contributed by atoms with van der Waals surface area (Å²) in [7, 11) is 1.57. The first-order chi connectivity index (χ1) is 11.1. The molecule has 2 aromatic heterocycles. The summed E-state index contributed by atoms with van der Waals surface area (Å²) in [5.41, 5.74) is -0.268. The van der Waals surface area contributed by atoms with Crippen LogP contribution < -0.4 is 9.62 Å². The molecule has 0 atom stereocenters. The van der Waals surface area contributed by atoms with Crippen molar-refractivity contribution in [1.82, 2.24) is 9.97 Å². The van der Waals surface area contributed by atoms with E-state index in [0.29, 0.717) is 11.6 Å². The molecule has 0 aromatic carbocycles. The van der Waals surface area contributed by atoms with Crippen LogP contribution in [-0.4, -0.2) is 17.5 Å². The van der Waals surface area contributed by atoms with Crippen molar-refractivity contribution in [2.24, 2.45) is 0 Å². The third-order valence-corrected chi connectivity index (χ3v) is 3.05. The fourth-order valence-electron chi connectivity index (χ4n) is 1.91. The topological polar surface area (TPSA) is 41.0 Å². The van der Waals surface area contributed by atoms with E-state index < -0.39 is 11.6 Å². The number of anilines is 2. The van der Waals surface area contributed by atoms with Gasteiger partial charge in [-0.1, -0.05) is 0 Å². The molecule has 3 heterocycles. The van der Waals surface area contributed by atoms with Gasteiger partial charge in [0, 0.05) is 32.5 Å². The van der Waals surface area contributed by atoms with Crippen LogP contribution in [0.3, 0.4) is 0 Å². The second-order valence-corrected chi connectivity index (χ2v) is 4.44. The molecular weight excluding hydrogens is 493 g/mol. The van der Waals surface area contributed by atoms with Crippen LogP contribution in [-0.2, 0) is 20.1 Å². The standard InChI is InChI=1S/C14H6BF2N6.Ir/c1-18-11-5-13(20-7-9(11)16)22-3-4-23(15-22)14-6-12(19-2)10(17)8-21-14;/h3-8H;. The fraction of sp³-hybridized carbons (Fsp3) is 0. The normalized spacial score (nSPS) is 12.2. The van der Waals surface area contributed by atoms with Crippen LogP contribution in [0.2, 0.25) is 0 Å². The Morgan fingerprint density at radius 3 is 1.67 bits per heavy atom. The van der Waals surface area contributed by atoms with Gasteiger partial charge >= 0.3 is 7.55 Å². The van der Waals surface area contributed by atoms with E-state index >= 15 is 0 Å². The van der Waals surface area contributed by atoms with Gasteiger partial charge in [0.25, 0.3) is 0 Å². The molecule has 1 aliphatic rings. The van der Waals surface area contributed by atoms with Gasteiger partial charge in [0.1, 0.15) is 23.3 Å². The molecule has 2 radical (unpaired) electrons. The van der Waals surface area contributed by atoms with Gasteiger partial charge in [0.05, 0.1) is 25.5 Å². The summed E-state index contributed by atoms with van der Waals surface area (Å²) < 4.78 is 26.6. The Morgan fingerprint density at radius 2 is 1.29 bits per heavy atom. The first-order valence-corrected chi connectivity index (χ1v) is 6.28. The van der Waals surface area contributed by atoms with Gasteiger partial charge in [0.15, 0.2) is 0 Å². The zero-order chi connectivity index (χ0) is 16.4. The maximum absolute atomic E-state index is 13.3. The van der Waals surface area contributed by atoms with E-state index in [0.717, 1.165) is 12.4 Å². The monoisotopic (exact) mass is 500 g/mol. The summed E-state index contributed by atoms with van der Waals surface area (Å²) in [6.45, 7) is 13.8. The van der Waals surface area contributed by atoms with Crippen LogP contribution in [0.15, 0.2) is 36.9 Å². The van der Waals surface area contributed by atoms with Gasteiger partial charge in [-0.05, 0) is 12.1 Å². The predicted octanol–water partition coefficient (Wildman–Crippen LogP) is 3.19. The summed E-state index contributed by atoms with van der Waals surface area (Å²) in [4.78, 5) is 17.1. The van der Waals surface area contributed by atoms with Gasteiger partial charge < -0.3 is 9.62 Å². The van der Waals surface area contributed by atoms with E-state index in [2.05, 4.69) is 19.7 Å². The number of hydrogen-bond donors (Lipinski definition) is 0. The molecule has 0 spiro atoms. The summed E-state index contributed by atoms with van der Waals surface area (Å²) >= 11 is 0. The van der Waals surface area contributed by atoms with Crippen molar-refractivity contribution >= 4 is 30.6 Å². The number of rotatable bonds is 2. The molecule has 0 unspecified atom stereocenters. The molecule has 0 N–H and O–H groups in total. The van der Waals surface area contributed by atoms with Crippen molar-refractivity contribution < 1.29 is 28.9 Å². The van der Waals surface area contributed by atoms with Gasteiger partial charge in [-0.2, -0.15) is 0 Å². The van der Waals surface area contributed by atoms with Crippen molar-refractivity contribution in [3.8, 4) is 0 Å². The molecule has 2 aromatic rings. The van der Waals surface area contributed by atoms with Crippen molar-refractivity contribution in [1.29, 1.82) is 0 Å². The number of hydrogen-bond acceptors (Lipinski definition) is 4. The minimum atomic E-state index is -0.689. The first-order valence-electron chi connectivity index (χ1n) is 6.28. The second-order valence-electron chi connectivity index (χ2n) is 4.44. The molecule has 0 amide bonds. The smallest absolute Gasteiger partial charge is 0.359 e. The van der Waals surface area contributed by atoms with Crippen LogP contribution in [0.25, 0.3) is 9.69 Å². The maximum Gasteiger partial charge on any atom is 0.402 e. The molecular formula is C14H6BF2IrN6. The Labute approximate surface area is 150 Å². The Balaban J connectivity index is 0.00000208. The molecule has 0 fully saturated rings. The zero-order valence-corrected chi connectivity index (χ0v) is 14.2. The van der Waals surface area contributed by atoms with Crippen LogP contribution in [0, 0.1) is 24.8 Å². The van der Waals surface area contributed by atoms with Crippen molar-refractivity contribution in [3.05, 3.63) is 71.4 Å².